The average Bonchev–Trinajstić information content (AvgIpc) is 2.74. The van der Waals surface area contributed by atoms with E-state index in [2.05, 4.69) is 43.2 Å². The van der Waals surface area contributed by atoms with Gasteiger partial charge < -0.3 is 9.84 Å². The molecule has 4 heteroatoms. The molecule has 1 aromatic rings. The van der Waals surface area contributed by atoms with Crippen LogP contribution < -0.4 is 5.32 Å². The molecule has 1 saturated carbocycles. The van der Waals surface area contributed by atoms with Gasteiger partial charge in [-0.15, -0.1) is 0 Å². The van der Waals surface area contributed by atoms with E-state index in [9.17, 15) is 0 Å². The van der Waals surface area contributed by atoms with Crippen molar-refractivity contribution in [1.82, 2.24) is 15.5 Å². The van der Waals surface area contributed by atoms with Crippen molar-refractivity contribution in [3.63, 3.8) is 0 Å². The minimum Gasteiger partial charge on any atom is -0.339 e. The van der Waals surface area contributed by atoms with E-state index >= 15 is 0 Å². The first kappa shape index (κ1) is 13.5. The first-order valence-corrected chi connectivity index (χ1v) is 7.05. The maximum atomic E-state index is 5.47. The van der Waals surface area contributed by atoms with E-state index in [0.717, 1.165) is 11.7 Å². The highest BCUT2D eigenvalue weighted by Crippen LogP contribution is 2.45. The van der Waals surface area contributed by atoms with E-state index in [1.165, 1.54) is 25.7 Å². The molecule has 0 aliphatic heterocycles. The fourth-order valence-electron chi connectivity index (χ4n) is 2.73. The van der Waals surface area contributed by atoms with Gasteiger partial charge in [0, 0.05) is 12.0 Å². The minimum atomic E-state index is 0.285. The van der Waals surface area contributed by atoms with Crippen molar-refractivity contribution in [2.75, 3.05) is 0 Å². The van der Waals surface area contributed by atoms with Crippen LogP contribution >= 0.6 is 0 Å². The molecule has 1 heterocycles. The van der Waals surface area contributed by atoms with Gasteiger partial charge in [0.15, 0.2) is 5.82 Å². The Balaban J connectivity index is 2.04. The smallest absolute Gasteiger partial charge is 0.230 e. The van der Waals surface area contributed by atoms with Crippen LogP contribution in [0.3, 0.4) is 0 Å². The van der Waals surface area contributed by atoms with Crippen molar-refractivity contribution in [3.8, 4) is 0 Å². The van der Waals surface area contributed by atoms with Gasteiger partial charge in [0.05, 0.1) is 6.54 Å². The van der Waals surface area contributed by atoms with Gasteiger partial charge in [0.25, 0.3) is 0 Å². The molecule has 1 aliphatic rings. The standard InChI is InChI=1S/C14H25N3O/c1-10(2)15-9-12-16-13(18-17-12)11-7-5-6-8-14(11,3)4/h10-11,15H,5-9H2,1-4H3. The van der Waals surface area contributed by atoms with Crippen molar-refractivity contribution in [1.29, 1.82) is 0 Å². The molecule has 18 heavy (non-hydrogen) atoms. The Morgan fingerprint density at radius 1 is 1.39 bits per heavy atom. The molecular formula is C14H25N3O. The van der Waals surface area contributed by atoms with E-state index in [0.29, 0.717) is 18.5 Å². The summed E-state index contributed by atoms with van der Waals surface area (Å²) in [5.74, 6) is 2.03. The van der Waals surface area contributed by atoms with Gasteiger partial charge in [-0.2, -0.15) is 4.98 Å². The number of aromatic nitrogens is 2. The van der Waals surface area contributed by atoms with Gasteiger partial charge >= 0.3 is 0 Å². The molecule has 1 aliphatic carbocycles. The van der Waals surface area contributed by atoms with Gasteiger partial charge in [-0.05, 0) is 18.3 Å². The molecule has 1 aromatic heterocycles. The van der Waals surface area contributed by atoms with E-state index in [-0.39, 0.29) is 5.41 Å². The van der Waals surface area contributed by atoms with Crippen molar-refractivity contribution < 1.29 is 4.52 Å². The molecule has 2 rings (SSSR count). The summed E-state index contributed by atoms with van der Waals surface area (Å²) in [6, 6.07) is 0.443. The van der Waals surface area contributed by atoms with Gasteiger partial charge in [0.2, 0.25) is 5.89 Å². The van der Waals surface area contributed by atoms with Crippen molar-refractivity contribution in [3.05, 3.63) is 11.7 Å². The Labute approximate surface area is 110 Å². The summed E-state index contributed by atoms with van der Waals surface area (Å²) < 4.78 is 5.47. The van der Waals surface area contributed by atoms with E-state index in [1.807, 2.05) is 0 Å². The molecule has 0 amide bonds. The first-order valence-electron chi connectivity index (χ1n) is 7.05. The van der Waals surface area contributed by atoms with E-state index in [1.54, 1.807) is 0 Å². The lowest BCUT2D eigenvalue weighted by atomic mass is 9.69. The number of hydrogen-bond acceptors (Lipinski definition) is 4. The highest BCUT2D eigenvalue weighted by Gasteiger charge is 2.36. The highest BCUT2D eigenvalue weighted by molar-refractivity contribution is 5.02. The Morgan fingerprint density at radius 3 is 2.83 bits per heavy atom. The fourth-order valence-corrected chi connectivity index (χ4v) is 2.73. The summed E-state index contributed by atoms with van der Waals surface area (Å²) in [7, 11) is 0. The van der Waals surface area contributed by atoms with Crippen LogP contribution in [-0.2, 0) is 6.54 Å². The highest BCUT2D eigenvalue weighted by atomic mass is 16.5. The largest absolute Gasteiger partial charge is 0.339 e. The molecule has 1 N–H and O–H groups in total. The summed E-state index contributed by atoms with van der Waals surface area (Å²) in [5, 5.41) is 7.39. The molecule has 1 atom stereocenters. The zero-order valence-electron chi connectivity index (χ0n) is 12.0. The maximum Gasteiger partial charge on any atom is 0.230 e. The van der Waals surface area contributed by atoms with Crippen LogP contribution in [0.5, 0.6) is 0 Å². The monoisotopic (exact) mass is 251 g/mol. The minimum absolute atomic E-state index is 0.285. The number of nitrogens with one attached hydrogen (secondary N) is 1. The van der Waals surface area contributed by atoms with E-state index < -0.39 is 0 Å². The summed E-state index contributed by atoms with van der Waals surface area (Å²) in [5.41, 5.74) is 0.285. The lowest BCUT2D eigenvalue weighted by Crippen LogP contribution is -2.26. The SMILES string of the molecule is CC(C)NCc1noc(C2CCCCC2(C)C)n1. The summed E-state index contributed by atoms with van der Waals surface area (Å²) >= 11 is 0. The topological polar surface area (TPSA) is 51.0 Å². The third-order valence-electron chi connectivity index (χ3n) is 3.96. The lowest BCUT2D eigenvalue weighted by molar-refractivity contribution is 0.164. The summed E-state index contributed by atoms with van der Waals surface area (Å²) in [6.07, 6.45) is 5.02. The van der Waals surface area contributed by atoms with Gasteiger partial charge in [-0.1, -0.05) is 45.7 Å². The molecular weight excluding hydrogens is 226 g/mol. The van der Waals surface area contributed by atoms with Crippen molar-refractivity contribution >= 4 is 0 Å². The maximum absolute atomic E-state index is 5.47. The van der Waals surface area contributed by atoms with E-state index in [4.69, 9.17) is 4.52 Å². The molecule has 1 fully saturated rings. The third-order valence-corrected chi connectivity index (χ3v) is 3.96. The van der Waals surface area contributed by atoms with Crippen molar-refractivity contribution in [2.24, 2.45) is 5.41 Å². The number of rotatable bonds is 4. The van der Waals surface area contributed by atoms with Crippen LogP contribution in [-0.4, -0.2) is 16.2 Å². The van der Waals surface area contributed by atoms with Crippen LogP contribution in [0.1, 0.15) is 71.0 Å². The molecule has 0 spiro atoms. The molecule has 0 saturated heterocycles. The zero-order valence-corrected chi connectivity index (χ0v) is 12.0. The average molecular weight is 251 g/mol. The Morgan fingerprint density at radius 2 is 2.17 bits per heavy atom. The number of hydrogen-bond donors (Lipinski definition) is 1. The Hall–Kier alpha value is -0.900. The normalized spacial score (nSPS) is 23.5. The summed E-state index contributed by atoms with van der Waals surface area (Å²) in [6.45, 7) is 9.55. The van der Waals surface area contributed by atoms with Crippen LogP contribution in [0.2, 0.25) is 0 Å². The van der Waals surface area contributed by atoms with Gasteiger partial charge in [-0.3, -0.25) is 0 Å². The molecule has 4 nitrogen and oxygen atoms in total. The molecule has 0 bridgehead atoms. The molecule has 1 unspecified atom stereocenters. The van der Waals surface area contributed by atoms with Crippen LogP contribution in [0, 0.1) is 5.41 Å². The Kier molecular flexibility index (Phi) is 4.05. The Bertz CT molecular complexity index is 384. The zero-order chi connectivity index (χ0) is 13.2. The molecule has 0 aromatic carbocycles. The number of nitrogens with zero attached hydrogens (tertiary/aromatic N) is 2. The third kappa shape index (κ3) is 3.10. The van der Waals surface area contributed by atoms with Gasteiger partial charge in [0.1, 0.15) is 0 Å². The van der Waals surface area contributed by atoms with Crippen LogP contribution in [0.15, 0.2) is 4.52 Å². The van der Waals surface area contributed by atoms with Crippen LogP contribution in [0.25, 0.3) is 0 Å². The predicted octanol–water partition coefficient (Wildman–Crippen LogP) is 3.25. The second kappa shape index (κ2) is 5.39. The second-order valence-electron chi connectivity index (χ2n) is 6.37. The predicted molar refractivity (Wildman–Crippen MR) is 71.3 cm³/mol. The molecule has 102 valence electrons. The first-order chi connectivity index (χ1) is 8.49. The van der Waals surface area contributed by atoms with Crippen molar-refractivity contribution in [2.45, 2.75) is 71.9 Å². The second-order valence-corrected chi connectivity index (χ2v) is 6.37. The van der Waals surface area contributed by atoms with Gasteiger partial charge in [-0.25, -0.2) is 0 Å². The molecule has 0 radical (unpaired) electrons. The quantitative estimate of drug-likeness (QED) is 0.892. The van der Waals surface area contributed by atoms with Crippen LogP contribution in [0.4, 0.5) is 0 Å². The fraction of sp³-hybridized carbons (Fsp3) is 0.857. The lowest BCUT2D eigenvalue weighted by Gasteiger charge is -2.36. The summed E-state index contributed by atoms with van der Waals surface area (Å²) in [4.78, 5) is 4.56.